The maximum atomic E-state index is 12.9. The molecule has 0 saturated heterocycles. The summed E-state index contributed by atoms with van der Waals surface area (Å²) >= 11 is 2.96. The lowest BCUT2D eigenvalue weighted by Crippen LogP contribution is -2.02. The maximum absolute atomic E-state index is 12.9. The van der Waals surface area contributed by atoms with Crippen molar-refractivity contribution < 1.29 is 13.9 Å². The fourth-order valence-corrected chi connectivity index (χ4v) is 1.36. The summed E-state index contributed by atoms with van der Waals surface area (Å²) in [6, 6.07) is 1.88. The van der Waals surface area contributed by atoms with Gasteiger partial charge in [-0.3, -0.25) is 0 Å². The van der Waals surface area contributed by atoms with Crippen molar-refractivity contribution in [2.45, 2.75) is 0 Å². The lowest BCUT2D eigenvalue weighted by atomic mass is 10.2. The van der Waals surface area contributed by atoms with Gasteiger partial charge in [0.1, 0.15) is 11.5 Å². The van der Waals surface area contributed by atoms with E-state index >= 15 is 0 Å². The summed E-state index contributed by atoms with van der Waals surface area (Å²) in [6.07, 6.45) is 0. The predicted octanol–water partition coefficient (Wildman–Crippen LogP) is 2.77. The van der Waals surface area contributed by atoms with Crippen LogP contribution in [0.25, 0.3) is 0 Å². The number of nitroso groups, excluding NO2 is 1. The third-order valence-corrected chi connectivity index (χ3v) is 2.36. The van der Waals surface area contributed by atoms with Gasteiger partial charge in [0, 0.05) is 6.07 Å². The molecule has 0 spiro atoms. The van der Waals surface area contributed by atoms with Gasteiger partial charge in [-0.2, -0.15) is 0 Å². The van der Waals surface area contributed by atoms with Gasteiger partial charge >= 0.3 is 5.97 Å². The Morgan fingerprint density at radius 3 is 2.71 bits per heavy atom. The van der Waals surface area contributed by atoms with E-state index in [0.717, 1.165) is 19.2 Å². The van der Waals surface area contributed by atoms with Gasteiger partial charge in [-0.15, -0.1) is 4.91 Å². The molecule has 0 heterocycles. The number of carbonyl (C=O) groups excluding carboxylic acids is 1. The van der Waals surface area contributed by atoms with Crippen LogP contribution < -0.4 is 0 Å². The van der Waals surface area contributed by atoms with Crippen molar-refractivity contribution in [2.75, 3.05) is 7.11 Å². The fraction of sp³-hybridized carbons (Fsp3) is 0.125. The van der Waals surface area contributed by atoms with E-state index in [1.165, 1.54) is 0 Å². The van der Waals surface area contributed by atoms with E-state index in [2.05, 4.69) is 25.8 Å². The molecule has 0 aliphatic rings. The zero-order valence-electron chi connectivity index (χ0n) is 7.08. The molecular weight excluding hydrogens is 257 g/mol. The zero-order chi connectivity index (χ0) is 10.7. The molecule has 1 aromatic carbocycles. The molecule has 1 rings (SSSR count). The van der Waals surface area contributed by atoms with Crippen LogP contribution in [0.4, 0.5) is 10.1 Å². The number of ether oxygens (including phenoxy) is 1. The average molecular weight is 262 g/mol. The molecule has 0 fully saturated rings. The molecule has 0 saturated carbocycles. The number of rotatable bonds is 2. The summed E-state index contributed by atoms with van der Waals surface area (Å²) in [5, 5.41) is 2.56. The van der Waals surface area contributed by atoms with Crippen LogP contribution in [0.5, 0.6) is 0 Å². The number of hydrogen-bond acceptors (Lipinski definition) is 4. The molecule has 74 valence electrons. The van der Waals surface area contributed by atoms with E-state index in [0.29, 0.717) is 0 Å². The predicted molar refractivity (Wildman–Crippen MR) is 50.9 cm³/mol. The van der Waals surface area contributed by atoms with Crippen LogP contribution in [0, 0.1) is 10.7 Å². The average Bonchev–Trinajstić information content (AvgIpc) is 2.19. The molecule has 14 heavy (non-hydrogen) atoms. The van der Waals surface area contributed by atoms with E-state index in [9.17, 15) is 14.1 Å². The number of esters is 1. The van der Waals surface area contributed by atoms with Crippen LogP contribution in [0.3, 0.4) is 0 Å². The van der Waals surface area contributed by atoms with E-state index in [4.69, 9.17) is 0 Å². The summed E-state index contributed by atoms with van der Waals surface area (Å²) < 4.78 is 17.4. The highest BCUT2D eigenvalue weighted by molar-refractivity contribution is 9.10. The Morgan fingerprint density at radius 2 is 2.21 bits per heavy atom. The number of hydrogen-bond donors (Lipinski definition) is 0. The Labute approximate surface area is 87.2 Å². The van der Waals surface area contributed by atoms with Crippen LogP contribution in [0.1, 0.15) is 10.4 Å². The molecule has 0 bridgehead atoms. The van der Waals surface area contributed by atoms with Crippen molar-refractivity contribution in [3.63, 3.8) is 0 Å². The van der Waals surface area contributed by atoms with E-state index < -0.39 is 11.8 Å². The first-order chi connectivity index (χ1) is 6.60. The molecular formula is C8H5BrFNO3. The topological polar surface area (TPSA) is 55.7 Å². The summed E-state index contributed by atoms with van der Waals surface area (Å²) in [6.45, 7) is 0. The first kappa shape index (κ1) is 10.8. The van der Waals surface area contributed by atoms with E-state index in [-0.39, 0.29) is 15.7 Å². The Balaban J connectivity index is 3.36. The van der Waals surface area contributed by atoms with Gasteiger partial charge in [-0.1, -0.05) is 0 Å². The lowest BCUT2D eigenvalue weighted by molar-refractivity contribution is 0.0599. The normalized spacial score (nSPS) is 9.64. The molecule has 6 heteroatoms. The standard InChI is InChI=1S/C8H5BrFNO3/c1-14-8(12)5-2-4(10)3-6(11-13)7(5)9/h2-3H,1H3. The first-order valence-electron chi connectivity index (χ1n) is 3.51. The van der Waals surface area contributed by atoms with Crippen molar-refractivity contribution in [2.24, 2.45) is 5.18 Å². The Morgan fingerprint density at radius 1 is 1.57 bits per heavy atom. The second-order valence-electron chi connectivity index (χ2n) is 2.37. The third kappa shape index (κ3) is 1.95. The summed E-state index contributed by atoms with van der Waals surface area (Å²) in [5.41, 5.74) is -0.243. The Bertz CT molecular complexity index is 394. The minimum Gasteiger partial charge on any atom is -0.465 e. The van der Waals surface area contributed by atoms with Crippen molar-refractivity contribution in [1.29, 1.82) is 0 Å². The summed E-state index contributed by atoms with van der Waals surface area (Å²) in [7, 11) is 1.16. The van der Waals surface area contributed by atoms with Crippen molar-refractivity contribution in [3.05, 3.63) is 32.9 Å². The minimum atomic E-state index is -0.735. The maximum Gasteiger partial charge on any atom is 0.339 e. The molecule has 0 aliphatic carbocycles. The zero-order valence-corrected chi connectivity index (χ0v) is 8.67. The van der Waals surface area contributed by atoms with Gasteiger partial charge in [0.25, 0.3) is 0 Å². The number of methoxy groups -OCH3 is 1. The number of halogens is 2. The van der Waals surface area contributed by atoms with Crippen LogP contribution in [-0.2, 0) is 4.74 Å². The highest BCUT2D eigenvalue weighted by atomic mass is 79.9. The van der Waals surface area contributed by atoms with Crippen LogP contribution in [-0.4, -0.2) is 13.1 Å². The molecule has 0 amide bonds. The highest BCUT2D eigenvalue weighted by Gasteiger charge is 2.16. The second kappa shape index (κ2) is 4.28. The van der Waals surface area contributed by atoms with Crippen molar-refractivity contribution in [1.82, 2.24) is 0 Å². The second-order valence-corrected chi connectivity index (χ2v) is 3.16. The molecule has 0 radical (unpaired) electrons. The SMILES string of the molecule is COC(=O)c1cc(F)cc(N=O)c1Br. The quantitative estimate of drug-likeness (QED) is 0.608. The molecule has 4 nitrogen and oxygen atoms in total. The van der Waals surface area contributed by atoms with Gasteiger partial charge in [0.15, 0.2) is 0 Å². The van der Waals surface area contributed by atoms with E-state index in [1.54, 1.807) is 0 Å². The van der Waals surface area contributed by atoms with Crippen molar-refractivity contribution >= 4 is 27.6 Å². The van der Waals surface area contributed by atoms with Crippen LogP contribution in [0.2, 0.25) is 0 Å². The number of carbonyl (C=O) groups is 1. The summed E-state index contributed by atoms with van der Waals surface area (Å²) in [5.74, 6) is -1.45. The van der Waals surface area contributed by atoms with Crippen molar-refractivity contribution in [3.8, 4) is 0 Å². The third-order valence-electron chi connectivity index (χ3n) is 1.52. The van der Waals surface area contributed by atoms with Gasteiger partial charge in [0.05, 0.1) is 17.1 Å². The monoisotopic (exact) mass is 261 g/mol. The van der Waals surface area contributed by atoms with Gasteiger partial charge in [-0.25, -0.2) is 9.18 Å². The molecule has 0 unspecified atom stereocenters. The Kier molecular flexibility index (Phi) is 3.29. The minimum absolute atomic E-state index is 0.0675. The fourth-order valence-electron chi connectivity index (χ4n) is 0.900. The molecule has 0 aliphatic heterocycles. The lowest BCUT2D eigenvalue weighted by Gasteiger charge is -2.03. The molecule has 1 aromatic rings. The molecule has 0 aromatic heterocycles. The molecule has 0 N–H and O–H groups in total. The Hall–Kier alpha value is -1.30. The van der Waals surface area contributed by atoms with Gasteiger partial charge < -0.3 is 4.74 Å². The largest absolute Gasteiger partial charge is 0.465 e. The molecule has 0 atom stereocenters. The van der Waals surface area contributed by atoms with Gasteiger partial charge in [-0.05, 0) is 27.2 Å². The van der Waals surface area contributed by atoms with Gasteiger partial charge in [0.2, 0.25) is 0 Å². The smallest absolute Gasteiger partial charge is 0.339 e. The van der Waals surface area contributed by atoms with E-state index in [1.807, 2.05) is 0 Å². The highest BCUT2D eigenvalue weighted by Crippen LogP contribution is 2.30. The number of benzene rings is 1. The first-order valence-corrected chi connectivity index (χ1v) is 4.30. The van der Waals surface area contributed by atoms with Crippen LogP contribution in [0.15, 0.2) is 21.8 Å². The summed E-state index contributed by atoms with van der Waals surface area (Å²) in [4.78, 5) is 21.3. The van der Waals surface area contributed by atoms with Crippen LogP contribution >= 0.6 is 15.9 Å². The number of nitrogens with zero attached hydrogens (tertiary/aromatic N) is 1.